The van der Waals surface area contributed by atoms with E-state index >= 15 is 0 Å². The first kappa shape index (κ1) is 13.2. The minimum atomic E-state index is -0.343. The van der Waals surface area contributed by atoms with E-state index in [1.165, 1.54) is 11.1 Å². The van der Waals surface area contributed by atoms with Gasteiger partial charge in [0.2, 0.25) is 0 Å². The van der Waals surface area contributed by atoms with E-state index in [1.54, 1.807) is 0 Å². The van der Waals surface area contributed by atoms with Crippen LogP contribution < -0.4 is 5.32 Å². The Morgan fingerprint density at radius 2 is 2.00 bits per heavy atom. The van der Waals surface area contributed by atoms with Gasteiger partial charge in [-0.2, -0.15) is 0 Å². The van der Waals surface area contributed by atoms with Crippen LogP contribution in [0, 0.1) is 13.8 Å². The first-order valence-corrected chi connectivity index (χ1v) is 6.11. The predicted octanol–water partition coefficient (Wildman–Crippen LogP) is 2.73. The molecular weight excluding hydrogens is 198 g/mol. The average molecular weight is 221 g/mol. The number of aliphatic hydroxyl groups is 1. The van der Waals surface area contributed by atoms with Crippen molar-refractivity contribution in [1.82, 2.24) is 5.32 Å². The van der Waals surface area contributed by atoms with Crippen molar-refractivity contribution >= 4 is 0 Å². The van der Waals surface area contributed by atoms with E-state index in [2.05, 4.69) is 38.2 Å². The maximum Gasteiger partial charge on any atom is 0.0804 e. The van der Waals surface area contributed by atoms with Crippen LogP contribution in [0.15, 0.2) is 18.2 Å². The minimum Gasteiger partial charge on any atom is -0.388 e. The van der Waals surface area contributed by atoms with Crippen molar-refractivity contribution in [1.29, 1.82) is 0 Å². The normalized spacial score (nSPS) is 12.8. The fraction of sp³-hybridized carbons (Fsp3) is 0.571. The summed E-state index contributed by atoms with van der Waals surface area (Å²) in [6.07, 6.45) is 1.58. The number of hydrogen-bond acceptors (Lipinski definition) is 2. The average Bonchev–Trinajstić information content (AvgIpc) is 2.24. The highest BCUT2D eigenvalue weighted by Gasteiger charge is 2.09. The molecule has 0 fully saturated rings. The Balaban J connectivity index is 2.49. The van der Waals surface area contributed by atoms with Crippen LogP contribution in [0.5, 0.6) is 0 Å². The molecule has 2 heteroatoms. The Labute approximate surface area is 98.7 Å². The van der Waals surface area contributed by atoms with Crippen molar-refractivity contribution in [3.05, 3.63) is 34.9 Å². The molecule has 0 amide bonds. The number of aliphatic hydroxyl groups excluding tert-OH is 1. The number of rotatable bonds is 6. The third-order valence-electron chi connectivity index (χ3n) is 2.81. The fourth-order valence-electron chi connectivity index (χ4n) is 1.90. The van der Waals surface area contributed by atoms with Crippen molar-refractivity contribution in [2.24, 2.45) is 0 Å². The highest BCUT2D eigenvalue weighted by atomic mass is 16.3. The van der Waals surface area contributed by atoms with E-state index in [-0.39, 0.29) is 6.10 Å². The molecule has 1 unspecified atom stereocenters. The largest absolute Gasteiger partial charge is 0.388 e. The lowest BCUT2D eigenvalue weighted by atomic mass is 9.99. The monoisotopic (exact) mass is 221 g/mol. The number of aryl methyl sites for hydroxylation is 2. The molecule has 0 aliphatic heterocycles. The summed E-state index contributed by atoms with van der Waals surface area (Å²) in [7, 11) is 0. The van der Waals surface area contributed by atoms with Crippen molar-refractivity contribution in [2.75, 3.05) is 13.1 Å². The summed E-state index contributed by atoms with van der Waals surface area (Å²) < 4.78 is 0. The van der Waals surface area contributed by atoms with E-state index < -0.39 is 0 Å². The van der Waals surface area contributed by atoms with Crippen LogP contribution in [-0.4, -0.2) is 18.2 Å². The minimum absolute atomic E-state index is 0.343. The van der Waals surface area contributed by atoms with Crippen molar-refractivity contribution < 1.29 is 5.11 Å². The molecule has 1 atom stereocenters. The first-order chi connectivity index (χ1) is 7.65. The molecule has 0 aliphatic rings. The third-order valence-corrected chi connectivity index (χ3v) is 2.81. The van der Waals surface area contributed by atoms with Gasteiger partial charge >= 0.3 is 0 Å². The molecule has 16 heavy (non-hydrogen) atoms. The van der Waals surface area contributed by atoms with Crippen LogP contribution in [0.3, 0.4) is 0 Å². The second-order valence-corrected chi connectivity index (χ2v) is 4.41. The topological polar surface area (TPSA) is 32.3 Å². The van der Waals surface area contributed by atoms with Crippen LogP contribution in [0.4, 0.5) is 0 Å². The van der Waals surface area contributed by atoms with E-state index in [1.807, 2.05) is 6.07 Å². The van der Waals surface area contributed by atoms with E-state index in [0.29, 0.717) is 0 Å². The smallest absolute Gasteiger partial charge is 0.0804 e. The van der Waals surface area contributed by atoms with Gasteiger partial charge in [0.05, 0.1) is 6.10 Å². The van der Waals surface area contributed by atoms with Crippen LogP contribution >= 0.6 is 0 Å². The summed E-state index contributed by atoms with van der Waals surface area (Å²) in [6.45, 7) is 8.19. The molecule has 0 aromatic heterocycles. The number of nitrogens with one attached hydrogen (secondary N) is 1. The van der Waals surface area contributed by atoms with Gasteiger partial charge in [-0.1, -0.05) is 30.7 Å². The lowest BCUT2D eigenvalue weighted by Crippen LogP contribution is -2.18. The molecule has 2 nitrogen and oxygen atoms in total. The molecule has 0 saturated carbocycles. The summed E-state index contributed by atoms with van der Waals surface area (Å²) in [6, 6.07) is 6.22. The zero-order valence-corrected chi connectivity index (χ0v) is 10.6. The molecular formula is C14H23NO. The van der Waals surface area contributed by atoms with Crippen molar-refractivity contribution in [3.63, 3.8) is 0 Å². The summed E-state index contributed by atoms with van der Waals surface area (Å²) in [5.74, 6) is 0. The van der Waals surface area contributed by atoms with Gasteiger partial charge in [0, 0.05) is 0 Å². The quantitative estimate of drug-likeness (QED) is 0.724. The third kappa shape index (κ3) is 3.95. The summed E-state index contributed by atoms with van der Waals surface area (Å²) >= 11 is 0. The molecule has 2 N–H and O–H groups in total. The van der Waals surface area contributed by atoms with Gasteiger partial charge in [-0.15, -0.1) is 0 Å². The van der Waals surface area contributed by atoms with Gasteiger partial charge in [0.15, 0.2) is 0 Å². The Hall–Kier alpha value is -0.860. The van der Waals surface area contributed by atoms with Crippen LogP contribution in [0.2, 0.25) is 0 Å². The van der Waals surface area contributed by atoms with Gasteiger partial charge in [-0.05, 0) is 50.9 Å². The molecule has 0 radical (unpaired) electrons. The van der Waals surface area contributed by atoms with Crippen molar-refractivity contribution in [3.8, 4) is 0 Å². The van der Waals surface area contributed by atoms with Crippen molar-refractivity contribution in [2.45, 2.75) is 39.7 Å². The lowest BCUT2D eigenvalue weighted by molar-refractivity contribution is 0.166. The standard InChI is InChI=1S/C14H23NO/c1-4-8-15-9-7-14(16)13-6-5-11(2)10-12(13)3/h5-6,10,14-16H,4,7-9H2,1-3H3. The molecule has 0 spiro atoms. The molecule has 0 heterocycles. The summed E-state index contributed by atoms with van der Waals surface area (Å²) in [4.78, 5) is 0. The van der Waals surface area contributed by atoms with Gasteiger partial charge in [-0.25, -0.2) is 0 Å². The molecule has 0 saturated heterocycles. The van der Waals surface area contributed by atoms with Crippen LogP contribution in [0.25, 0.3) is 0 Å². The van der Waals surface area contributed by atoms with Gasteiger partial charge in [-0.3, -0.25) is 0 Å². The Bertz CT molecular complexity index is 323. The second-order valence-electron chi connectivity index (χ2n) is 4.41. The molecule has 1 aromatic carbocycles. The van der Waals surface area contributed by atoms with E-state index in [4.69, 9.17) is 0 Å². The summed E-state index contributed by atoms with van der Waals surface area (Å²) in [5.41, 5.74) is 3.49. The fourth-order valence-corrected chi connectivity index (χ4v) is 1.90. The zero-order chi connectivity index (χ0) is 12.0. The molecule has 90 valence electrons. The Morgan fingerprint density at radius 3 is 2.62 bits per heavy atom. The van der Waals surface area contributed by atoms with Gasteiger partial charge < -0.3 is 10.4 Å². The lowest BCUT2D eigenvalue weighted by Gasteiger charge is -2.14. The highest BCUT2D eigenvalue weighted by Crippen LogP contribution is 2.21. The highest BCUT2D eigenvalue weighted by molar-refractivity contribution is 5.31. The predicted molar refractivity (Wildman–Crippen MR) is 68.7 cm³/mol. The van der Waals surface area contributed by atoms with Crippen LogP contribution in [-0.2, 0) is 0 Å². The van der Waals surface area contributed by atoms with Gasteiger partial charge in [0.1, 0.15) is 0 Å². The van der Waals surface area contributed by atoms with E-state index in [0.717, 1.165) is 31.5 Å². The SMILES string of the molecule is CCCNCCC(O)c1ccc(C)cc1C. The molecule has 0 aliphatic carbocycles. The van der Waals surface area contributed by atoms with Crippen LogP contribution in [0.1, 0.15) is 42.6 Å². The number of benzene rings is 1. The maximum atomic E-state index is 10.1. The summed E-state index contributed by atoms with van der Waals surface area (Å²) in [5, 5.41) is 13.4. The second kappa shape index (κ2) is 6.66. The number of hydrogen-bond donors (Lipinski definition) is 2. The maximum absolute atomic E-state index is 10.1. The molecule has 1 rings (SSSR count). The zero-order valence-electron chi connectivity index (χ0n) is 10.6. The first-order valence-electron chi connectivity index (χ1n) is 6.11. The van der Waals surface area contributed by atoms with Gasteiger partial charge in [0.25, 0.3) is 0 Å². The Kier molecular flexibility index (Phi) is 5.50. The molecule has 1 aromatic rings. The molecule has 0 bridgehead atoms. The van der Waals surface area contributed by atoms with E-state index in [9.17, 15) is 5.11 Å². The Morgan fingerprint density at radius 1 is 1.25 bits per heavy atom.